The molecule has 4 rings (SSSR count). The molecule has 33 heavy (non-hydrogen) atoms. The predicted molar refractivity (Wildman–Crippen MR) is 141 cm³/mol. The average Bonchev–Trinajstić information content (AvgIpc) is 3.11. The molecule has 188 valence electrons. The lowest BCUT2D eigenvalue weighted by Gasteiger charge is -2.58. The van der Waals surface area contributed by atoms with E-state index in [1.807, 2.05) is 6.92 Å². The van der Waals surface area contributed by atoms with Gasteiger partial charge in [0.1, 0.15) is 10.9 Å². The summed E-state index contributed by atoms with van der Waals surface area (Å²) in [5.74, 6) is 5.14. The van der Waals surface area contributed by atoms with Crippen LogP contribution in [0.3, 0.4) is 0 Å². The molecule has 3 heteroatoms. The van der Waals surface area contributed by atoms with Crippen molar-refractivity contribution in [1.82, 2.24) is 0 Å². The van der Waals surface area contributed by atoms with Gasteiger partial charge < -0.3 is 4.74 Å². The SMILES string of the molecule is CC(C)CCC[C@@H](C)[C@H]1CC[C@H]2[C@@H]3CC=C4C[C@@H](OC(=O)[C@H](C)Br)CC[C@]4(C)[C@H]3CC[C@]12C. The Balaban J connectivity index is 1.45. The maximum absolute atomic E-state index is 12.1. The first-order chi connectivity index (χ1) is 15.6. The summed E-state index contributed by atoms with van der Waals surface area (Å²) in [5, 5.41) is 0. The second kappa shape index (κ2) is 9.98. The van der Waals surface area contributed by atoms with E-state index in [-0.39, 0.29) is 16.9 Å². The number of allylic oxidation sites excluding steroid dienone is 1. The van der Waals surface area contributed by atoms with Crippen molar-refractivity contribution in [3.8, 4) is 0 Å². The van der Waals surface area contributed by atoms with Gasteiger partial charge in [0.15, 0.2) is 0 Å². The molecule has 0 bridgehead atoms. The van der Waals surface area contributed by atoms with Crippen molar-refractivity contribution in [2.75, 3.05) is 0 Å². The Morgan fingerprint density at radius 1 is 1.06 bits per heavy atom. The van der Waals surface area contributed by atoms with Crippen LogP contribution in [0.2, 0.25) is 0 Å². The smallest absolute Gasteiger partial charge is 0.319 e. The molecule has 0 radical (unpaired) electrons. The fourth-order valence-electron chi connectivity index (χ4n) is 9.01. The third-order valence-corrected chi connectivity index (χ3v) is 11.2. The van der Waals surface area contributed by atoms with E-state index in [9.17, 15) is 4.79 Å². The number of hydrogen-bond acceptors (Lipinski definition) is 2. The summed E-state index contributed by atoms with van der Waals surface area (Å²) in [6, 6.07) is 0. The fourth-order valence-corrected chi connectivity index (χ4v) is 9.12. The fraction of sp³-hybridized carbons (Fsp3) is 0.900. The number of rotatable bonds is 7. The summed E-state index contributed by atoms with van der Waals surface area (Å²) in [4.78, 5) is 11.9. The number of hydrogen-bond donors (Lipinski definition) is 0. The molecule has 0 heterocycles. The van der Waals surface area contributed by atoms with Crippen LogP contribution in [-0.4, -0.2) is 16.9 Å². The Morgan fingerprint density at radius 2 is 1.82 bits per heavy atom. The second-order valence-corrected chi connectivity index (χ2v) is 14.6. The lowest BCUT2D eigenvalue weighted by atomic mass is 9.47. The van der Waals surface area contributed by atoms with Crippen LogP contribution in [0.25, 0.3) is 0 Å². The number of halogens is 1. The molecule has 0 aromatic rings. The van der Waals surface area contributed by atoms with Gasteiger partial charge in [-0.3, -0.25) is 4.79 Å². The van der Waals surface area contributed by atoms with Gasteiger partial charge in [-0.05, 0) is 98.2 Å². The molecule has 3 saturated carbocycles. The lowest BCUT2D eigenvalue weighted by Crippen LogP contribution is -2.51. The van der Waals surface area contributed by atoms with Gasteiger partial charge in [-0.15, -0.1) is 0 Å². The molecule has 4 aliphatic carbocycles. The third kappa shape index (κ3) is 4.88. The number of fused-ring (bicyclic) bond motifs is 5. The molecule has 0 N–H and O–H groups in total. The Bertz CT molecular complexity index is 742. The molecular weight excluding hydrogens is 472 g/mol. The number of carbonyl (C=O) groups excluding carboxylic acids is 1. The molecule has 0 unspecified atom stereocenters. The van der Waals surface area contributed by atoms with E-state index >= 15 is 0 Å². The van der Waals surface area contributed by atoms with Crippen molar-refractivity contribution in [1.29, 1.82) is 0 Å². The first-order valence-corrected chi connectivity index (χ1v) is 15.0. The normalized spacial score (nSPS) is 42.1. The van der Waals surface area contributed by atoms with Gasteiger partial charge in [-0.25, -0.2) is 0 Å². The highest BCUT2D eigenvalue weighted by Gasteiger charge is 2.59. The molecular formula is C30H49BrO2. The second-order valence-electron chi connectivity index (χ2n) is 13.2. The topological polar surface area (TPSA) is 26.3 Å². The standard InChI is InChI=1S/C30H49BrO2/c1-19(2)8-7-9-20(3)25-12-13-26-24-11-10-22-18-23(33-28(32)21(4)31)14-16-29(22,5)27(24)15-17-30(25,26)6/h10,19-21,23-27H,7-9,11-18H2,1-6H3/t20-,21+,23+,24+,25-,26+,27+,29+,30-/m1/s1. The van der Waals surface area contributed by atoms with Crippen molar-refractivity contribution in [2.45, 2.75) is 123 Å². The van der Waals surface area contributed by atoms with Crippen LogP contribution >= 0.6 is 15.9 Å². The van der Waals surface area contributed by atoms with Crippen LogP contribution in [0.15, 0.2) is 11.6 Å². The van der Waals surface area contributed by atoms with Crippen molar-refractivity contribution in [3.63, 3.8) is 0 Å². The Hall–Kier alpha value is -0.310. The summed E-state index contributed by atoms with van der Waals surface area (Å²) >= 11 is 3.37. The molecule has 9 atom stereocenters. The molecule has 2 nitrogen and oxygen atoms in total. The summed E-state index contributed by atoms with van der Waals surface area (Å²) in [5.41, 5.74) is 2.49. The summed E-state index contributed by atoms with van der Waals surface area (Å²) < 4.78 is 5.83. The quantitative estimate of drug-likeness (QED) is 0.190. The van der Waals surface area contributed by atoms with Crippen LogP contribution in [0.5, 0.6) is 0 Å². The van der Waals surface area contributed by atoms with Crippen LogP contribution in [0, 0.1) is 46.3 Å². The monoisotopic (exact) mass is 520 g/mol. The Morgan fingerprint density at radius 3 is 2.52 bits per heavy atom. The van der Waals surface area contributed by atoms with E-state index in [2.05, 4.69) is 56.6 Å². The highest BCUT2D eigenvalue weighted by atomic mass is 79.9. The van der Waals surface area contributed by atoms with E-state index in [1.54, 1.807) is 5.57 Å². The molecule has 0 spiro atoms. The van der Waals surface area contributed by atoms with Gasteiger partial charge in [0.25, 0.3) is 0 Å². The van der Waals surface area contributed by atoms with E-state index in [1.165, 1.54) is 57.8 Å². The summed E-state index contributed by atoms with van der Waals surface area (Å²) in [7, 11) is 0. The van der Waals surface area contributed by atoms with Crippen LogP contribution in [-0.2, 0) is 9.53 Å². The minimum Gasteiger partial charge on any atom is -0.461 e. The van der Waals surface area contributed by atoms with Gasteiger partial charge in [-0.1, -0.05) is 81.5 Å². The molecule has 4 aliphatic rings. The van der Waals surface area contributed by atoms with Gasteiger partial charge in [0.2, 0.25) is 0 Å². The molecule has 0 amide bonds. The zero-order valence-corrected chi connectivity index (χ0v) is 23.8. The van der Waals surface area contributed by atoms with Gasteiger partial charge in [0, 0.05) is 6.42 Å². The third-order valence-electron chi connectivity index (χ3n) is 10.9. The van der Waals surface area contributed by atoms with Crippen LogP contribution in [0.1, 0.15) is 112 Å². The molecule has 0 aliphatic heterocycles. The lowest BCUT2D eigenvalue weighted by molar-refractivity contribution is -0.150. The Kier molecular flexibility index (Phi) is 7.79. The summed E-state index contributed by atoms with van der Waals surface area (Å²) in [6.07, 6.45) is 17.1. The van der Waals surface area contributed by atoms with Gasteiger partial charge in [0.05, 0.1) is 0 Å². The predicted octanol–water partition coefficient (Wildman–Crippen LogP) is 8.72. The zero-order valence-electron chi connectivity index (χ0n) is 22.2. The van der Waals surface area contributed by atoms with Crippen molar-refractivity contribution in [3.05, 3.63) is 11.6 Å². The first kappa shape index (κ1) is 25.8. The largest absolute Gasteiger partial charge is 0.461 e. The molecule has 0 aromatic heterocycles. The van der Waals surface area contributed by atoms with Crippen molar-refractivity contribution in [2.24, 2.45) is 46.3 Å². The minimum absolute atomic E-state index is 0.0739. The number of alkyl halides is 1. The number of carbonyl (C=O) groups is 1. The van der Waals surface area contributed by atoms with Crippen LogP contribution < -0.4 is 0 Å². The molecule has 0 aromatic carbocycles. The van der Waals surface area contributed by atoms with Gasteiger partial charge >= 0.3 is 5.97 Å². The molecule has 0 saturated heterocycles. The van der Waals surface area contributed by atoms with Crippen molar-refractivity contribution < 1.29 is 9.53 Å². The first-order valence-electron chi connectivity index (χ1n) is 14.1. The van der Waals surface area contributed by atoms with E-state index in [4.69, 9.17) is 4.74 Å². The van der Waals surface area contributed by atoms with E-state index in [0.717, 1.165) is 48.3 Å². The maximum Gasteiger partial charge on any atom is 0.319 e. The van der Waals surface area contributed by atoms with E-state index in [0.29, 0.717) is 10.8 Å². The molecule has 3 fully saturated rings. The average molecular weight is 522 g/mol. The summed E-state index contributed by atoms with van der Waals surface area (Å²) in [6.45, 7) is 14.4. The minimum atomic E-state index is -0.213. The Labute approximate surface area is 212 Å². The zero-order chi connectivity index (χ0) is 24.0. The highest BCUT2D eigenvalue weighted by molar-refractivity contribution is 9.10. The maximum atomic E-state index is 12.1. The van der Waals surface area contributed by atoms with E-state index < -0.39 is 0 Å². The number of ether oxygens (including phenoxy) is 1. The number of esters is 1. The van der Waals surface area contributed by atoms with Gasteiger partial charge in [-0.2, -0.15) is 0 Å². The van der Waals surface area contributed by atoms with Crippen LogP contribution in [0.4, 0.5) is 0 Å². The highest BCUT2D eigenvalue weighted by Crippen LogP contribution is 2.67. The van der Waals surface area contributed by atoms with Crippen molar-refractivity contribution >= 4 is 21.9 Å².